The molecule has 0 spiro atoms. The second-order valence-electron chi connectivity index (χ2n) is 6.84. The Kier molecular flexibility index (Phi) is 6.15. The number of aromatic nitrogens is 2. The van der Waals surface area contributed by atoms with E-state index in [-0.39, 0.29) is 16.9 Å². The highest BCUT2D eigenvalue weighted by atomic mass is 32.2. The van der Waals surface area contributed by atoms with Crippen LogP contribution in [0.4, 0.5) is 14.9 Å². The van der Waals surface area contributed by atoms with Crippen LogP contribution in [0.2, 0.25) is 0 Å². The average molecular weight is 394 g/mol. The van der Waals surface area contributed by atoms with Gasteiger partial charge < -0.3 is 5.32 Å². The molecule has 0 radical (unpaired) electrons. The van der Waals surface area contributed by atoms with Gasteiger partial charge in [0.2, 0.25) is 0 Å². The quantitative estimate of drug-likeness (QED) is 0.805. The van der Waals surface area contributed by atoms with Crippen LogP contribution in [0.25, 0.3) is 0 Å². The van der Waals surface area contributed by atoms with Crippen LogP contribution in [0.1, 0.15) is 56.4 Å². The summed E-state index contributed by atoms with van der Waals surface area (Å²) >= 11 is 0. The van der Waals surface area contributed by atoms with Crippen molar-refractivity contribution >= 4 is 21.7 Å². The molecule has 2 rings (SSSR count). The smallest absolute Gasteiger partial charge is 0.307 e. The number of anilines is 1. The predicted octanol–water partition coefficient (Wildman–Crippen LogP) is 3.68. The number of halogens is 1. The fraction of sp³-hybridized carbons (Fsp3) is 0.389. The summed E-state index contributed by atoms with van der Waals surface area (Å²) in [5.41, 5.74) is 2.12. The van der Waals surface area contributed by atoms with Gasteiger partial charge in [-0.25, -0.2) is 13.9 Å². The summed E-state index contributed by atoms with van der Waals surface area (Å²) in [5, 5.41) is 9.46. The fourth-order valence-electron chi connectivity index (χ4n) is 2.55. The molecule has 0 aliphatic heterocycles. The van der Waals surface area contributed by atoms with E-state index in [0.717, 1.165) is 0 Å². The Balaban J connectivity index is 2.33. The van der Waals surface area contributed by atoms with Gasteiger partial charge in [0.25, 0.3) is 10.0 Å². The number of amides is 2. The number of rotatable bonds is 5. The minimum atomic E-state index is -4.18. The third-order valence-corrected chi connectivity index (χ3v) is 5.14. The fourth-order valence-corrected chi connectivity index (χ4v) is 3.34. The molecule has 2 N–H and O–H groups in total. The Morgan fingerprint density at radius 1 is 1.04 bits per heavy atom. The number of urea groups is 1. The van der Waals surface area contributed by atoms with Crippen LogP contribution in [0, 0.1) is 12.7 Å². The minimum absolute atomic E-state index is 0.0759. The molecule has 146 valence electrons. The van der Waals surface area contributed by atoms with Gasteiger partial charge in [-0.15, -0.1) is 5.10 Å². The zero-order valence-electron chi connectivity index (χ0n) is 15.9. The molecule has 1 heterocycles. The van der Waals surface area contributed by atoms with Gasteiger partial charge in [-0.1, -0.05) is 27.7 Å². The van der Waals surface area contributed by atoms with Gasteiger partial charge >= 0.3 is 6.03 Å². The van der Waals surface area contributed by atoms with Crippen LogP contribution in [0.15, 0.2) is 29.3 Å². The summed E-state index contributed by atoms with van der Waals surface area (Å²) in [6.07, 6.45) is 0. The van der Waals surface area contributed by atoms with Crippen molar-refractivity contribution < 1.29 is 17.6 Å². The molecule has 0 saturated heterocycles. The van der Waals surface area contributed by atoms with Gasteiger partial charge in [-0.2, -0.15) is 13.5 Å². The molecule has 0 atom stereocenters. The molecule has 1 aromatic heterocycles. The highest BCUT2D eigenvalue weighted by Gasteiger charge is 2.23. The van der Waals surface area contributed by atoms with Gasteiger partial charge in [0, 0.05) is 5.69 Å². The summed E-state index contributed by atoms with van der Waals surface area (Å²) in [6, 6.07) is 4.47. The molecule has 0 aliphatic carbocycles. The molecule has 9 heteroatoms. The molecule has 0 bridgehead atoms. The maximum Gasteiger partial charge on any atom is 0.333 e. The molecule has 0 aliphatic rings. The van der Waals surface area contributed by atoms with Gasteiger partial charge in [0.05, 0.1) is 5.69 Å². The molecule has 0 unspecified atom stereocenters. The highest BCUT2D eigenvalue weighted by Crippen LogP contribution is 2.33. The number of carbonyl (C=O) groups excluding carboxylic acids is 1. The van der Waals surface area contributed by atoms with E-state index < -0.39 is 21.9 Å². The van der Waals surface area contributed by atoms with Crippen molar-refractivity contribution in [2.45, 2.75) is 51.5 Å². The minimum Gasteiger partial charge on any atom is -0.307 e. The van der Waals surface area contributed by atoms with E-state index in [0.29, 0.717) is 22.5 Å². The Morgan fingerprint density at radius 2 is 1.59 bits per heavy atom. The lowest BCUT2D eigenvalue weighted by atomic mass is 9.92. The molecule has 27 heavy (non-hydrogen) atoms. The van der Waals surface area contributed by atoms with Crippen LogP contribution < -0.4 is 10.0 Å². The third kappa shape index (κ3) is 5.00. The second kappa shape index (κ2) is 7.99. The summed E-state index contributed by atoms with van der Waals surface area (Å²) in [6.45, 7) is 9.11. The number of aryl methyl sites for hydroxylation is 1. The van der Waals surface area contributed by atoms with Crippen molar-refractivity contribution in [3.05, 3.63) is 46.9 Å². The molecule has 7 nitrogen and oxygen atoms in total. The van der Waals surface area contributed by atoms with Crippen LogP contribution in [0.3, 0.4) is 0 Å². The molecular formula is C18H23FN4O3S. The maximum absolute atomic E-state index is 14.0. The van der Waals surface area contributed by atoms with Gasteiger partial charge in [0.1, 0.15) is 5.82 Å². The number of nitrogens with one attached hydrogen (secondary N) is 2. The molecule has 2 aromatic rings. The first-order valence-electron chi connectivity index (χ1n) is 8.48. The van der Waals surface area contributed by atoms with Crippen LogP contribution >= 0.6 is 0 Å². The number of benzene rings is 1. The number of hydrogen-bond donors (Lipinski definition) is 2. The van der Waals surface area contributed by atoms with Crippen LogP contribution in [0.5, 0.6) is 0 Å². The van der Waals surface area contributed by atoms with Crippen molar-refractivity contribution in [3.63, 3.8) is 0 Å². The normalized spacial score (nSPS) is 11.7. The topological polar surface area (TPSA) is 101 Å². The number of carbonyl (C=O) groups is 1. The summed E-state index contributed by atoms with van der Waals surface area (Å²) < 4.78 is 40.5. The molecular weight excluding hydrogens is 371 g/mol. The lowest BCUT2D eigenvalue weighted by molar-refractivity contribution is 0.256. The van der Waals surface area contributed by atoms with Crippen molar-refractivity contribution in [2.24, 2.45) is 0 Å². The van der Waals surface area contributed by atoms with Crippen LogP contribution in [-0.2, 0) is 10.0 Å². The predicted molar refractivity (Wildman–Crippen MR) is 101 cm³/mol. The largest absolute Gasteiger partial charge is 0.333 e. The van der Waals surface area contributed by atoms with Crippen LogP contribution in [-0.4, -0.2) is 24.6 Å². The maximum atomic E-state index is 14.0. The highest BCUT2D eigenvalue weighted by molar-refractivity contribution is 7.90. The number of sulfonamides is 1. The monoisotopic (exact) mass is 394 g/mol. The molecule has 1 aromatic carbocycles. The second-order valence-corrected chi connectivity index (χ2v) is 8.47. The first-order valence-corrected chi connectivity index (χ1v) is 9.97. The standard InChI is InChI=1S/C18H23FN4O3S/c1-10(2)14-8-13(19)9-15(11(3)4)17(14)20-18(24)23-27(25,26)16-7-6-12(5)21-22-16/h6-11H,1-5H3,(H2,20,23,24). The van der Waals surface area contributed by atoms with Crippen molar-refractivity contribution in [1.82, 2.24) is 14.9 Å². The SMILES string of the molecule is Cc1ccc(S(=O)(=O)NC(=O)Nc2c(C(C)C)cc(F)cc2C(C)C)nn1. The Hall–Kier alpha value is -2.55. The van der Waals surface area contributed by atoms with E-state index in [1.54, 1.807) is 6.92 Å². The van der Waals surface area contributed by atoms with E-state index in [4.69, 9.17) is 0 Å². The lowest BCUT2D eigenvalue weighted by Crippen LogP contribution is -2.35. The van der Waals surface area contributed by atoms with Gasteiger partial charge in [-0.05, 0) is 54.2 Å². The van der Waals surface area contributed by atoms with E-state index in [2.05, 4.69) is 15.5 Å². The zero-order chi connectivity index (χ0) is 20.4. The lowest BCUT2D eigenvalue weighted by Gasteiger charge is -2.20. The molecule has 0 fully saturated rings. The third-order valence-electron chi connectivity index (χ3n) is 3.92. The molecule has 2 amide bonds. The first-order chi connectivity index (χ1) is 12.5. The van der Waals surface area contributed by atoms with E-state index in [1.807, 2.05) is 32.4 Å². The Labute approximate surface area is 158 Å². The van der Waals surface area contributed by atoms with E-state index in [1.165, 1.54) is 24.3 Å². The first kappa shape index (κ1) is 20.8. The van der Waals surface area contributed by atoms with Crippen molar-refractivity contribution in [2.75, 3.05) is 5.32 Å². The van der Waals surface area contributed by atoms with E-state index >= 15 is 0 Å². The Morgan fingerprint density at radius 3 is 2.04 bits per heavy atom. The summed E-state index contributed by atoms with van der Waals surface area (Å²) in [5.74, 6) is -0.558. The number of hydrogen-bond acceptors (Lipinski definition) is 5. The van der Waals surface area contributed by atoms with Gasteiger partial charge in [-0.3, -0.25) is 0 Å². The zero-order valence-corrected chi connectivity index (χ0v) is 16.7. The molecule has 0 saturated carbocycles. The van der Waals surface area contributed by atoms with Crippen molar-refractivity contribution in [1.29, 1.82) is 0 Å². The van der Waals surface area contributed by atoms with E-state index in [9.17, 15) is 17.6 Å². The number of nitrogens with zero attached hydrogens (tertiary/aromatic N) is 2. The van der Waals surface area contributed by atoms with Crippen molar-refractivity contribution in [3.8, 4) is 0 Å². The van der Waals surface area contributed by atoms with Gasteiger partial charge in [0.15, 0.2) is 5.03 Å². The summed E-state index contributed by atoms with van der Waals surface area (Å²) in [4.78, 5) is 12.4. The average Bonchev–Trinajstić information content (AvgIpc) is 2.55. The summed E-state index contributed by atoms with van der Waals surface area (Å²) in [7, 11) is -4.18. The Bertz CT molecular complexity index is 913.